The largest absolute Gasteiger partial charge is 0.494 e. The molecule has 2 aromatic rings. The Kier molecular flexibility index (Phi) is 7.68. The van der Waals surface area contributed by atoms with Crippen molar-refractivity contribution in [3.8, 4) is 5.75 Å². The Labute approximate surface area is 154 Å². The van der Waals surface area contributed by atoms with Gasteiger partial charge in [-0.05, 0) is 48.7 Å². The first-order chi connectivity index (χ1) is 12.6. The predicted molar refractivity (Wildman–Crippen MR) is 103 cm³/mol. The molecule has 0 unspecified atom stereocenters. The molecule has 0 aliphatic carbocycles. The van der Waals surface area contributed by atoms with Crippen LogP contribution in [0.5, 0.6) is 5.75 Å². The van der Waals surface area contributed by atoms with Gasteiger partial charge in [-0.15, -0.1) is 0 Å². The molecule has 0 atom stereocenters. The lowest BCUT2D eigenvalue weighted by molar-refractivity contribution is 0.0927. The number of carbonyl (C=O) groups is 2. The first kappa shape index (κ1) is 19.5. The van der Waals surface area contributed by atoms with Gasteiger partial charge in [-0.25, -0.2) is 0 Å². The molecule has 5 heteroatoms. The fourth-order valence-electron chi connectivity index (χ4n) is 2.26. The maximum atomic E-state index is 12.1. The number of amides is 2. The van der Waals surface area contributed by atoms with Crippen LogP contribution in [-0.4, -0.2) is 31.5 Å². The monoisotopic (exact) mass is 354 g/mol. The summed E-state index contributed by atoms with van der Waals surface area (Å²) >= 11 is 0. The molecule has 0 saturated carbocycles. The van der Waals surface area contributed by atoms with E-state index in [1.54, 1.807) is 36.4 Å². The van der Waals surface area contributed by atoms with Gasteiger partial charge in [0, 0.05) is 24.2 Å². The van der Waals surface area contributed by atoms with Gasteiger partial charge in [0.15, 0.2) is 0 Å². The van der Waals surface area contributed by atoms with Gasteiger partial charge in [-0.2, -0.15) is 0 Å². The molecule has 0 aliphatic heterocycles. The highest BCUT2D eigenvalue weighted by atomic mass is 16.5. The molecule has 138 valence electrons. The molecular formula is C21H26N2O3. The minimum absolute atomic E-state index is 0.150. The first-order valence-electron chi connectivity index (χ1n) is 8.90. The molecular weight excluding hydrogens is 328 g/mol. The third-order valence-corrected chi connectivity index (χ3v) is 3.81. The summed E-state index contributed by atoms with van der Waals surface area (Å²) in [5.41, 5.74) is 1.17. The van der Waals surface area contributed by atoms with Crippen molar-refractivity contribution in [2.24, 2.45) is 5.92 Å². The second-order valence-electron chi connectivity index (χ2n) is 6.43. The van der Waals surface area contributed by atoms with Crippen LogP contribution in [0, 0.1) is 5.92 Å². The average Bonchev–Trinajstić information content (AvgIpc) is 2.66. The zero-order chi connectivity index (χ0) is 18.8. The molecule has 0 spiro atoms. The third-order valence-electron chi connectivity index (χ3n) is 3.81. The quantitative estimate of drug-likeness (QED) is 0.679. The van der Waals surface area contributed by atoms with E-state index in [0.717, 1.165) is 12.2 Å². The minimum Gasteiger partial charge on any atom is -0.494 e. The second-order valence-corrected chi connectivity index (χ2v) is 6.43. The second kappa shape index (κ2) is 10.2. The van der Waals surface area contributed by atoms with Crippen molar-refractivity contribution in [1.29, 1.82) is 0 Å². The number of benzene rings is 2. The smallest absolute Gasteiger partial charge is 0.251 e. The van der Waals surface area contributed by atoms with E-state index >= 15 is 0 Å². The van der Waals surface area contributed by atoms with Crippen LogP contribution in [0.15, 0.2) is 54.6 Å². The number of ether oxygens (including phenoxy) is 1. The lowest BCUT2D eigenvalue weighted by Crippen LogP contribution is -2.34. The van der Waals surface area contributed by atoms with Crippen LogP contribution >= 0.6 is 0 Å². The highest BCUT2D eigenvalue weighted by Gasteiger charge is 2.07. The Bertz CT molecular complexity index is 697. The van der Waals surface area contributed by atoms with Crippen LogP contribution in [0.1, 0.15) is 41.0 Å². The summed E-state index contributed by atoms with van der Waals surface area (Å²) in [6, 6.07) is 16.1. The van der Waals surface area contributed by atoms with Crippen molar-refractivity contribution in [1.82, 2.24) is 10.6 Å². The molecule has 2 aromatic carbocycles. The lowest BCUT2D eigenvalue weighted by Gasteiger charge is -2.09. The van der Waals surface area contributed by atoms with Crippen LogP contribution in [0.3, 0.4) is 0 Å². The van der Waals surface area contributed by atoms with Crippen molar-refractivity contribution < 1.29 is 14.3 Å². The molecule has 5 nitrogen and oxygen atoms in total. The number of rotatable bonds is 9. The summed E-state index contributed by atoms with van der Waals surface area (Å²) in [4.78, 5) is 24.0. The van der Waals surface area contributed by atoms with Gasteiger partial charge in [-0.3, -0.25) is 9.59 Å². The van der Waals surface area contributed by atoms with Crippen LogP contribution in [0.25, 0.3) is 0 Å². The fraction of sp³-hybridized carbons (Fsp3) is 0.333. The number of hydrogen-bond donors (Lipinski definition) is 2. The molecule has 0 fully saturated rings. The van der Waals surface area contributed by atoms with Gasteiger partial charge in [-0.1, -0.05) is 32.0 Å². The Hall–Kier alpha value is -2.82. The van der Waals surface area contributed by atoms with Crippen molar-refractivity contribution in [3.05, 3.63) is 65.7 Å². The standard InChI is InChI=1S/C21H26N2O3/c1-16(2)12-15-26-19-10-8-18(9-11-19)21(25)23-14-13-22-20(24)17-6-4-3-5-7-17/h3-11,16H,12-15H2,1-2H3,(H,22,24)(H,23,25). The Morgan fingerprint density at radius 2 is 1.38 bits per heavy atom. The van der Waals surface area contributed by atoms with Crippen molar-refractivity contribution in [3.63, 3.8) is 0 Å². The van der Waals surface area contributed by atoms with Gasteiger partial charge in [0.05, 0.1) is 6.61 Å². The third kappa shape index (κ3) is 6.59. The summed E-state index contributed by atoms with van der Waals surface area (Å²) in [6.45, 7) is 5.71. The van der Waals surface area contributed by atoms with Gasteiger partial charge in [0.2, 0.25) is 0 Å². The maximum Gasteiger partial charge on any atom is 0.251 e. The predicted octanol–water partition coefficient (Wildman–Crippen LogP) is 3.27. The van der Waals surface area contributed by atoms with E-state index in [9.17, 15) is 9.59 Å². The van der Waals surface area contributed by atoms with E-state index in [0.29, 0.717) is 36.7 Å². The maximum absolute atomic E-state index is 12.1. The molecule has 0 aromatic heterocycles. The van der Waals surface area contributed by atoms with Gasteiger partial charge in [0.25, 0.3) is 11.8 Å². The van der Waals surface area contributed by atoms with Crippen LogP contribution in [-0.2, 0) is 0 Å². The lowest BCUT2D eigenvalue weighted by atomic mass is 10.1. The Morgan fingerprint density at radius 1 is 0.846 bits per heavy atom. The molecule has 0 heterocycles. The highest BCUT2D eigenvalue weighted by Crippen LogP contribution is 2.13. The number of hydrogen-bond acceptors (Lipinski definition) is 3. The molecule has 0 saturated heterocycles. The summed E-state index contributed by atoms with van der Waals surface area (Å²) in [5, 5.41) is 5.56. The summed E-state index contributed by atoms with van der Waals surface area (Å²) < 4.78 is 5.64. The topological polar surface area (TPSA) is 67.4 Å². The van der Waals surface area contributed by atoms with Crippen LogP contribution < -0.4 is 15.4 Å². The molecule has 26 heavy (non-hydrogen) atoms. The SMILES string of the molecule is CC(C)CCOc1ccc(C(=O)NCCNC(=O)c2ccccc2)cc1. The number of carbonyl (C=O) groups excluding carboxylic acids is 2. The van der Waals surface area contributed by atoms with E-state index in [1.807, 2.05) is 18.2 Å². The summed E-state index contributed by atoms with van der Waals surface area (Å²) in [7, 11) is 0. The van der Waals surface area contributed by atoms with Gasteiger partial charge in [0.1, 0.15) is 5.75 Å². The van der Waals surface area contributed by atoms with E-state index in [1.165, 1.54) is 0 Å². The molecule has 2 rings (SSSR count). The summed E-state index contributed by atoms with van der Waals surface area (Å²) in [5.74, 6) is 1.04. The fourth-order valence-corrected chi connectivity index (χ4v) is 2.26. The molecule has 0 radical (unpaired) electrons. The van der Waals surface area contributed by atoms with E-state index in [2.05, 4.69) is 24.5 Å². The summed E-state index contributed by atoms with van der Waals surface area (Å²) in [6.07, 6.45) is 0.997. The Balaban J connectivity index is 1.70. The zero-order valence-corrected chi connectivity index (χ0v) is 15.3. The molecule has 2 amide bonds. The molecule has 2 N–H and O–H groups in total. The minimum atomic E-state index is -0.173. The normalized spacial score (nSPS) is 10.4. The van der Waals surface area contributed by atoms with E-state index < -0.39 is 0 Å². The van der Waals surface area contributed by atoms with Crippen molar-refractivity contribution >= 4 is 11.8 Å². The van der Waals surface area contributed by atoms with E-state index in [4.69, 9.17) is 4.74 Å². The molecule has 0 aliphatic rings. The van der Waals surface area contributed by atoms with Crippen molar-refractivity contribution in [2.75, 3.05) is 19.7 Å². The van der Waals surface area contributed by atoms with Crippen molar-refractivity contribution in [2.45, 2.75) is 20.3 Å². The van der Waals surface area contributed by atoms with E-state index in [-0.39, 0.29) is 11.8 Å². The van der Waals surface area contributed by atoms with Crippen LogP contribution in [0.4, 0.5) is 0 Å². The van der Waals surface area contributed by atoms with Gasteiger partial charge >= 0.3 is 0 Å². The Morgan fingerprint density at radius 3 is 1.92 bits per heavy atom. The highest BCUT2D eigenvalue weighted by molar-refractivity contribution is 5.95. The van der Waals surface area contributed by atoms with Gasteiger partial charge < -0.3 is 15.4 Å². The first-order valence-corrected chi connectivity index (χ1v) is 8.90. The van der Waals surface area contributed by atoms with Crippen LogP contribution in [0.2, 0.25) is 0 Å². The molecule has 0 bridgehead atoms. The zero-order valence-electron chi connectivity index (χ0n) is 15.3. The number of nitrogens with one attached hydrogen (secondary N) is 2. The average molecular weight is 354 g/mol.